The van der Waals surface area contributed by atoms with Crippen LogP contribution in [0.1, 0.15) is 59.3 Å². The summed E-state index contributed by atoms with van der Waals surface area (Å²) in [7, 11) is 0. The van der Waals surface area contributed by atoms with Crippen molar-refractivity contribution in [1.29, 1.82) is 0 Å². The summed E-state index contributed by atoms with van der Waals surface area (Å²) in [5, 5.41) is 9.13. The van der Waals surface area contributed by atoms with Crippen LogP contribution in [0.25, 0.3) is 0 Å². The third kappa shape index (κ3) is 1.92. The molecule has 2 aliphatic rings. The molecule has 2 fully saturated rings. The maximum atomic E-state index is 9.13. The van der Waals surface area contributed by atoms with Crippen LogP contribution in [-0.2, 0) is 0 Å². The summed E-state index contributed by atoms with van der Waals surface area (Å²) >= 11 is 0. The Morgan fingerprint density at radius 3 is 2.75 bits per heavy atom. The first-order valence-corrected chi connectivity index (χ1v) is 7.20. The molecule has 0 radical (unpaired) electrons. The molecule has 0 heterocycles. The molecule has 2 aliphatic carbocycles. The van der Waals surface area contributed by atoms with Gasteiger partial charge in [-0.3, -0.25) is 0 Å². The van der Waals surface area contributed by atoms with Crippen molar-refractivity contribution < 1.29 is 5.11 Å². The van der Waals surface area contributed by atoms with Crippen LogP contribution in [-0.4, -0.2) is 11.7 Å². The summed E-state index contributed by atoms with van der Waals surface area (Å²) in [4.78, 5) is 0. The molecule has 0 saturated heterocycles. The highest BCUT2D eigenvalue weighted by atomic mass is 16.3. The van der Waals surface area contributed by atoms with Gasteiger partial charge < -0.3 is 5.11 Å². The number of hydrogen-bond acceptors (Lipinski definition) is 1. The van der Waals surface area contributed by atoms with Gasteiger partial charge in [-0.25, -0.2) is 0 Å². The smallest absolute Gasteiger partial charge is 0.0433 e. The zero-order valence-electron chi connectivity index (χ0n) is 11.2. The van der Waals surface area contributed by atoms with Crippen molar-refractivity contribution in [2.45, 2.75) is 59.3 Å². The van der Waals surface area contributed by atoms with Crippen molar-refractivity contribution in [1.82, 2.24) is 0 Å². The topological polar surface area (TPSA) is 20.2 Å². The van der Waals surface area contributed by atoms with Crippen LogP contribution in [0.15, 0.2) is 0 Å². The Labute approximate surface area is 101 Å². The molecular weight excluding hydrogens is 196 g/mol. The van der Waals surface area contributed by atoms with E-state index in [2.05, 4.69) is 20.8 Å². The SMILES string of the molecule is CC1CCC[C@]2(C)C([C@H](C)CCO)CC[C@@H]12. The predicted octanol–water partition coefficient (Wildman–Crippen LogP) is 3.86. The van der Waals surface area contributed by atoms with E-state index < -0.39 is 0 Å². The Morgan fingerprint density at radius 1 is 1.31 bits per heavy atom. The van der Waals surface area contributed by atoms with Crippen LogP contribution in [0, 0.1) is 29.1 Å². The molecule has 0 aromatic carbocycles. The van der Waals surface area contributed by atoms with Crippen molar-refractivity contribution in [3.8, 4) is 0 Å². The molecule has 0 aromatic rings. The number of fused-ring (bicyclic) bond motifs is 1. The first kappa shape index (κ1) is 12.4. The van der Waals surface area contributed by atoms with Gasteiger partial charge in [-0.1, -0.05) is 33.6 Å². The molecule has 0 spiro atoms. The van der Waals surface area contributed by atoms with Gasteiger partial charge in [0.25, 0.3) is 0 Å². The van der Waals surface area contributed by atoms with Gasteiger partial charge in [-0.15, -0.1) is 0 Å². The third-order valence-electron chi connectivity index (χ3n) is 5.82. The van der Waals surface area contributed by atoms with E-state index in [0.717, 1.165) is 24.2 Å². The summed E-state index contributed by atoms with van der Waals surface area (Å²) in [5.74, 6) is 3.48. The predicted molar refractivity (Wildman–Crippen MR) is 68.2 cm³/mol. The Kier molecular flexibility index (Phi) is 3.63. The van der Waals surface area contributed by atoms with Crippen LogP contribution in [0.3, 0.4) is 0 Å². The van der Waals surface area contributed by atoms with E-state index in [4.69, 9.17) is 5.11 Å². The second-order valence-electron chi connectivity index (χ2n) is 6.66. The van der Waals surface area contributed by atoms with Crippen molar-refractivity contribution >= 4 is 0 Å². The second-order valence-corrected chi connectivity index (χ2v) is 6.66. The van der Waals surface area contributed by atoms with E-state index in [9.17, 15) is 0 Å². The Bertz CT molecular complexity index is 238. The Hall–Kier alpha value is -0.0400. The minimum atomic E-state index is 0.369. The minimum absolute atomic E-state index is 0.369. The van der Waals surface area contributed by atoms with Gasteiger partial charge in [0, 0.05) is 6.61 Å². The molecule has 1 N–H and O–H groups in total. The molecule has 5 atom stereocenters. The van der Waals surface area contributed by atoms with Crippen molar-refractivity contribution in [3.05, 3.63) is 0 Å². The minimum Gasteiger partial charge on any atom is -0.396 e. The molecule has 16 heavy (non-hydrogen) atoms. The van der Waals surface area contributed by atoms with E-state index in [-0.39, 0.29) is 0 Å². The molecule has 2 unspecified atom stereocenters. The van der Waals surface area contributed by atoms with Crippen molar-refractivity contribution in [2.24, 2.45) is 29.1 Å². The van der Waals surface area contributed by atoms with Gasteiger partial charge in [-0.05, 0) is 54.8 Å². The molecule has 0 aliphatic heterocycles. The molecule has 1 nitrogen and oxygen atoms in total. The highest BCUT2D eigenvalue weighted by molar-refractivity contribution is 5.00. The van der Waals surface area contributed by atoms with Crippen LogP contribution < -0.4 is 0 Å². The lowest BCUT2D eigenvalue weighted by molar-refractivity contribution is 0.0316. The van der Waals surface area contributed by atoms with Crippen LogP contribution in [0.2, 0.25) is 0 Å². The first-order valence-electron chi connectivity index (χ1n) is 7.20. The molecule has 2 saturated carbocycles. The number of aliphatic hydroxyl groups excluding tert-OH is 1. The summed E-state index contributed by atoms with van der Waals surface area (Å²) in [6.45, 7) is 7.72. The molecular formula is C15H28O. The van der Waals surface area contributed by atoms with Gasteiger partial charge in [0.2, 0.25) is 0 Å². The Morgan fingerprint density at radius 2 is 2.06 bits per heavy atom. The molecule has 1 heteroatoms. The van der Waals surface area contributed by atoms with Gasteiger partial charge in [0.15, 0.2) is 0 Å². The summed E-state index contributed by atoms with van der Waals surface area (Å²) in [6.07, 6.45) is 8.16. The largest absolute Gasteiger partial charge is 0.396 e. The fourth-order valence-electron chi connectivity index (χ4n) is 4.94. The maximum Gasteiger partial charge on any atom is 0.0433 e. The number of aliphatic hydroxyl groups is 1. The van der Waals surface area contributed by atoms with Gasteiger partial charge in [0.05, 0.1) is 0 Å². The number of hydrogen-bond donors (Lipinski definition) is 1. The van der Waals surface area contributed by atoms with Crippen LogP contribution in [0.4, 0.5) is 0 Å². The summed E-state index contributed by atoms with van der Waals surface area (Å²) < 4.78 is 0. The zero-order valence-corrected chi connectivity index (χ0v) is 11.2. The lowest BCUT2D eigenvalue weighted by atomic mass is 9.59. The molecule has 0 bridgehead atoms. The average molecular weight is 224 g/mol. The van der Waals surface area contributed by atoms with Gasteiger partial charge >= 0.3 is 0 Å². The van der Waals surface area contributed by atoms with Gasteiger partial charge in [-0.2, -0.15) is 0 Å². The highest BCUT2D eigenvalue weighted by Gasteiger charge is 2.50. The van der Waals surface area contributed by atoms with Gasteiger partial charge in [0.1, 0.15) is 0 Å². The molecule has 0 amide bonds. The van der Waals surface area contributed by atoms with E-state index in [1.165, 1.54) is 32.1 Å². The monoisotopic (exact) mass is 224 g/mol. The summed E-state index contributed by atoms with van der Waals surface area (Å²) in [5.41, 5.74) is 0.590. The molecule has 94 valence electrons. The molecule has 2 rings (SSSR count). The van der Waals surface area contributed by atoms with E-state index in [1.807, 2.05) is 0 Å². The van der Waals surface area contributed by atoms with E-state index in [1.54, 1.807) is 0 Å². The van der Waals surface area contributed by atoms with Crippen molar-refractivity contribution in [3.63, 3.8) is 0 Å². The van der Waals surface area contributed by atoms with Crippen LogP contribution >= 0.6 is 0 Å². The fourth-order valence-corrected chi connectivity index (χ4v) is 4.94. The standard InChI is InChI=1S/C15H28O/c1-11-5-4-9-15(3)13(11)6-7-14(15)12(2)8-10-16/h11-14,16H,4-10H2,1-3H3/t11?,12-,13+,14?,15+/m1/s1. The first-order chi connectivity index (χ1) is 7.59. The molecule has 0 aromatic heterocycles. The van der Waals surface area contributed by atoms with E-state index >= 15 is 0 Å². The average Bonchev–Trinajstić information content (AvgIpc) is 2.57. The lowest BCUT2D eigenvalue weighted by Crippen LogP contribution is -2.38. The maximum absolute atomic E-state index is 9.13. The fraction of sp³-hybridized carbons (Fsp3) is 1.00. The lowest BCUT2D eigenvalue weighted by Gasteiger charge is -2.46. The normalized spacial score (nSPS) is 45.4. The third-order valence-corrected chi connectivity index (χ3v) is 5.82. The quantitative estimate of drug-likeness (QED) is 0.772. The van der Waals surface area contributed by atoms with Crippen molar-refractivity contribution in [2.75, 3.05) is 6.61 Å². The summed E-state index contributed by atoms with van der Waals surface area (Å²) in [6, 6.07) is 0. The van der Waals surface area contributed by atoms with E-state index in [0.29, 0.717) is 17.9 Å². The Balaban J connectivity index is 2.11. The number of rotatable bonds is 3. The second kappa shape index (κ2) is 4.68. The highest BCUT2D eigenvalue weighted by Crippen LogP contribution is 2.59. The van der Waals surface area contributed by atoms with Crippen LogP contribution in [0.5, 0.6) is 0 Å². The zero-order chi connectivity index (χ0) is 11.8.